The van der Waals surface area contributed by atoms with Crippen LogP contribution < -0.4 is 16.0 Å². The van der Waals surface area contributed by atoms with Crippen molar-refractivity contribution >= 4 is 11.3 Å². The first-order chi connectivity index (χ1) is 9.65. The molecule has 0 aromatic carbocycles. The van der Waals surface area contributed by atoms with E-state index in [1.54, 1.807) is 18.3 Å². The zero-order valence-corrected chi connectivity index (χ0v) is 12.2. The second kappa shape index (κ2) is 6.37. The maximum Gasteiger partial charge on any atom is 0.299 e. The topological polar surface area (TPSA) is 70.1 Å². The Balaban J connectivity index is 2.40. The molecule has 2 heterocycles. The van der Waals surface area contributed by atoms with Crippen molar-refractivity contribution in [1.82, 2.24) is 9.55 Å². The molecule has 104 valence electrons. The number of thiophene rings is 1. The Morgan fingerprint density at radius 1 is 1.55 bits per heavy atom. The van der Waals surface area contributed by atoms with E-state index >= 15 is 0 Å². The third-order valence-corrected chi connectivity index (χ3v) is 3.56. The molecule has 0 atom stereocenters. The summed E-state index contributed by atoms with van der Waals surface area (Å²) in [7, 11) is 1.50. The number of methoxy groups -OCH3 is 1. The molecule has 5 nitrogen and oxygen atoms in total. The van der Waals surface area contributed by atoms with Crippen molar-refractivity contribution in [2.75, 3.05) is 13.7 Å². The molecule has 0 spiro atoms. The van der Waals surface area contributed by atoms with Crippen LogP contribution in [0.4, 0.5) is 0 Å². The zero-order chi connectivity index (χ0) is 14.5. The average molecular weight is 289 g/mol. The van der Waals surface area contributed by atoms with E-state index in [-0.39, 0.29) is 5.56 Å². The SMILES string of the molecule is COc1nc(C)cc(=O)n1Cc1sccc1C#CCN. The van der Waals surface area contributed by atoms with Gasteiger partial charge in [0, 0.05) is 22.2 Å². The van der Waals surface area contributed by atoms with E-state index < -0.39 is 0 Å². The van der Waals surface area contributed by atoms with Gasteiger partial charge >= 0.3 is 0 Å². The van der Waals surface area contributed by atoms with E-state index in [1.807, 2.05) is 11.4 Å². The maximum absolute atomic E-state index is 12.1. The molecule has 2 aromatic heterocycles. The fourth-order valence-electron chi connectivity index (χ4n) is 1.76. The highest BCUT2D eigenvalue weighted by atomic mass is 32.1. The predicted molar refractivity (Wildman–Crippen MR) is 79.1 cm³/mol. The molecule has 0 radical (unpaired) electrons. The Morgan fingerprint density at radius 3 is 3.05 bits per heavy atom. The average Bonchev–Trinajstić information content (AvgIpc) is 2.86. The summed E-state index contributed by atoms with van der Waals surface area (Å²) in [4.78, 5) is 17.3. The van der Waals surface area contributed by atoms with Crippen LogP contribution in [-0.2, 0) is 6.54 Å². The molecule has 0 amide bonds. The summed E-state index contributed by atoms with van der Waals surface area (Å²) in [6, 6.07) is 3.71. The van der Waals surface area contributed by atoms with Gasteiger partial charge in [-0.05, 0) is 18.4 Å². The fraction of sp³-hybridized carbons (Fsp3) is 0.286. The maximum atomic E-state index is 12.1. The summed E-state index contributed by atoms with van der Waals surface area (Å²) >= 11 is 1.54. The van der Waals surface area contributed by atoms with Crippen LogP contribution in [0.25, 0.3) is 0 Å². The van der Waals surface area contributed by atoms with E-state index in [9.17, 15) is 4.79 Å². The fourth-order valence-corrected chi connectivity index (χ4v) is 2.58. The molecular formula is C14H15N3O2S. The molecule has 0 fully saturated rings. The van der Waals surface area contributed by atoms with Crippen molar-refractivity contribution in [3.8, 4) is 17.9 Å². The molecule has 2 aromatic rings. The largest absolute Gasteiger partial charge is 0.468 e. The second-order valence-corrected chi connectivity index (χ2v) is 5.07. The molecule has 20 heavy (non-hydrogen) atoms. The number of nitrogens with two attached hydrogens (primary N) is 1. The van der Waals surface area contributed by atoms with Crippen molar-refractivity contribution in [1.29, 1.82) is 0 Å². The lowest BCUT2D eigenvalue weighted by atomic mass is 10.2. The van der Waals surface area contributed by atoms with Crippen molar-refractivity contribution in [2.24, 2.45) is 5.73 Å². The molecule has 2 rings (SSSR count). The summed E-state index contributed by atoms with van der Waals surface area (Å²) in [6.07, 6.45) is 0. The third kappa shape index (κ3) is 3.07. The monoisotopic (exact) mass is 289 g/mol. The number of ether oxygens (including phenoxy) is 1. The Kier molecular flexibility index (Phi) is 4.56. The first-order valence-electron chi connectivity index (χ1n) is 6.03. The number of hydrogen-bond acceptors (Lipinski definition) is 5. The van der Waals surface area contributed by atoms with Gasteiger partial charge < -0.3 is 10.5 Å². The summed E-state index contributed by atoms with van der Waals surface area (Å²) in [5, 5.41) is 1.94. The lowest BCUT2D eigenvalue weighted by Crippen LogP contribution is -2.23. The van der Waals surface area contributed by atoms with Crippen molar-refractivity contribution in [3.05, 3.63) is 44.0 Å². The van der Waals surface area contributed by atoms with Gasteiger partial charge in [-0.15, -0.1) is 11.3 Å². The first kappa shape index (κ1) is 14.3. The Morgan fingerprint density at radius 2 is 2.35 bits per heavy atom. The van der Waals surface area contributed by atoms with Gasteiger partial charge in [-0.2, -0.15) is 0 Å². The Hall–Kier alpha value is -2.10. The van der Waals surface area contributed by atoms with Crippen LogP contribution >= 0.6 is 11.3 Å². The van der Waals surface area contributed by atoms with E-state index in [2.05, 4.69) is 16.8 Å². The molecule has 0 bridgehead atoms. The van der Waals surface area contributed by atoms with Crippen LogP contribution in [-0.4, -0.2) is 23.2 Å². The van der Waals surface area contributed by atoms with Gasteiger partial charge in [0.1, 0.15) is 0 Å². The molecule has 2 N–H and O–H groups in total. The Bertz CT molecular complexity index is 722. The number of aromatic nitrogens is 2. The minimum absolute atomic E-state index is 0.138. The molecule has 0 unspecified atom stereocenters. The summed E-state index contributed by atoms with van der Waals surface area (Å²) < 4.78 is 6.67. The lowest BCUT2D eigenvalue weighted by molar-refractivity contribution is 0.350. The normalized spacial score (nSPS) is 9.95. The molecule has 0 saturated carbocycles. The van der Waals surface area contributed by atoms with E-state index in [0.717, 1.165) is 10.4 Å². The minimum atomic E-state index is -0.138. The van der Waals surface area contributed by atoms with Gasteiger partial charge in [-0.25, -0.2) is 4.98 Å². The van der Waals surface area contributed by atoms with Crippen LogP contribution in [0.3, 0.4) is 0 Å². The predicted octanol–water partition coefficient (Wildman–Crippen LogP) is 0.980. The van der Waals surface area contributed by atoms with Crippen LogP contribution in [0.15, 0.2) is 22.3 Å². The second-order valence-electron chi connectivity index (χ2n) is 4.07. The molecule has 0 aliphatic rings. The van der Waals surface area contributed by atoms with Gasteiger partial charge in [-0.3, -0.25) is 9.36 Å². The van der Waals surface area contributed by atoms with Crippen molar-refractivity contribution in [3.63, 3.8) is 0 Å². The smallest absolute Gasteiger partial charge is 0.299 e. The summed E-state index contributed by atoms with van der Waals surface area (Å²) in [5.41, 5.74) is 6.76. The molecule has 0 saturated heterocycles. The van der Waals surface area contributed by atoms with Gasteiger partial charge in [-0.1, -0.05) is 11.8 Å². The minimum Gasteiger partial charge on any atom is -0.468 e. The van der Waals surface area contributed by atoms with E-state index in [0.29, 0.717) is 24.8 Å². The van der Waals surface area contributed by atoms with E-state index in [4.69, 9.17) is 10.5 Å². The van der Waals surface area contributed by atoms with E-state index in [1.165, 1.54) is 17.7 Å². The number of hydrogen-bond donors (Lipinski definition) is 1. The third-order valence-electron chi connectivity index (χ3n) is 2.66. The number of rotatable bonds is 3. The first-order valence-corrected chi connectivity index (χ1v) is 6.91. The number of nitrogens with zero attached hydrogens (tertiary/aromatic N) is 2. The molecule has 0 aliphatic heterocycles. The van der Waals surface area contributed by atoms with Crippen LogP contribution in [0.5, 0.6) is 6.01 Å². The molecule has 0 aliphatic carbocycles. The van der Waals surface area contributed by atoms with Gasteiger partial charge in [0.05, 0.1) is 20.2 Å². The highest BCUT2D eigenvalue weighted by molar-refractivity contribution is 7.10. The quantitative estimate of drug-likeness (QED) is 0.855. The van der Waals surface area contributed by atoms with Crippen LogP contribution in [0.2, 0.25) is 0 Å². The highest BCUT2D eigenvalue weighted by Crippen LogP contribution is 2.18. The number of aryl methyl sites for hydroxylation is 1. The summed E-state index contributed by atoms with van der Waals surface area (Å²) in [5.74, 6) is 5.82. The van der Waals surface area contributed by atoms with Crippen LogP contribution in [0, 0.1) is 18.8 Å². The van der Waals surface area contributed by atoms with Crippen molar-refractivity contribution < 1.29 is 4.74 Å². The zero-order valence-electron chi connectivity index (χ0n) is 11.3. The van der Waals surface area contributed by atoms with Crippen LogP contribution in [0.1, 0.15) is 16.1 Å². The highest BCUT2D eigenvalue weighted by Gasteiger charge is 2.10. The van der Waals surface area contributed by atoms with Crippen molar-refractivity contribution in [2.45, 2.75) is 13.5 Å². The van der Waals surface area contributed by atoms with Gasteiger partial charge in [0.2, 0.25) is 0 Å². The standard InChI is InChI=1S/C14H15N3O2S/c1-10-8-13(18)17(14(16-10)19-2)9-12-11(4-3-6-15)5-7-20-12/h5,7-8H,6,9,15H2,1-2H3. The Labute approximate surface area is 121 Å². The van der Waals surface area contributed by atoms with Gasteiger partial charge in [0.25, 0.3) is 11.6 Å². The molecule has 6 heteroatoms. The van der Waals surface area contributed by atoms with Gasteiger partial charge in [0.15, 0.2) is 0 Å². The lowest BCUT2D eigenvalue weighted by Gasteiger charge is -2.10. The molecular weight excluding hydrogens is 274 g/mol. The summed E-state index contributed by atoms with van der Waals surface area (Å²) in [6.45, 7) is 2.46.